The summed E-state index contributed by atoms with van der Waals surface area (Å²) in [4.78, 5) is 0. The minimum Gasteiger partial charge on any atom is -0.381 e. The maximum Gasteiger partial charge on any atom is 0.108 e. The molecule has 4 nitrogen and oxygen atoms in total. The fraction of sp³-hybridized carbons (Fsp3) is 0.375. The zero-order valence-electron chi connectivity index (χ0n) is 11.9. The molecule has 0 saturated carbocycles. The van der Waals surface area contributed by atoms with Crippen LogP contribution >= 0.6 is 11.6 Å². The molecule has 0 unspecified atom stereocenters. The minimum absolute atomic E-state index is 0.548. The number of aliphatic hydroxyl groups is 1. The van der Waals surface area contributed by atoms with Gasteiger partial charge in [0.1, 0.15) is 5.60 Å². The Morgan fingerprint density at radius 2 is 1.71 bits per heavy atom. The number of hydrogen-bond acceptors (Lipinski definition) is 4. The summed E-state index contributed by atoms with van der Waals surface area (Å²) in [6, 6.07) is 7.60. The molecule has 0 radical (unpaired) electrons. The molecule has 1 aromatic carbocycles. The molecule has 5 heteroatoms. The van der Waals surface area contributed by atoms with Gasteiger partial charge >= 0.3 is 0 Å². The SMILES string of the molecule is OC1(Cc2ccc(Cl)cc2)C=CN(N2CCNCC2)C=C1. The zero-order valence-corrected chi connectivity index (χ0v) is 12.6. The lowest BCUT2D eigenvalue weighted by Gasteiger charge is -2.38. The van der Waals surface area contributed by atoms with Crippen LogP contribution in [0.2, 0.25) is 5.02 Å². The summed E-state index contributed by atoms with van der Waals surface area (Å²) < 4.78 is 0. The van der Waals surface area contributed by atoms with Crippen molar-refractivity contribution in [2.45, 2.75) is 12.0 Å². The Hall–Kier alpha value is -1.33. The standard InChI is InChI=1S/C16H20ClN3O/c17-15-3-1-14(2-4-15)13-16(21)5-9-19(10-6-16)20-11-7-18-8-12-20/h1-6,9-10,18,21H,7-8,11-13H2. The van der Waals surface area contributed by atoms with Gasteiger partial charge in [-0.25, -0.2) is 5.01 Å². The normalized spacial score (nSPS) is 21.7. The van der Waals surface area contributed by atoms with E-state index in [0.29, 0.717) is 11.4 Å². The molecule has 0 bridgehead atoms. The Labute approximate surface area is 130 Å². The third kappa shape index (κ3) is 3.66. The van der Waals surface area contributed by atoms with Crippen molar-refractivity contribution < 1.29 is 5.11 Å². The lowest BCUT2D eigenvalue weighted by atomic mass is 9.93. The van der Waals surface area contributed by atoms with Crippen LogP contribution in [0.4, 0.5) is 0 Å². The van der Waals surface area contributed by atoms with E-state index in [1.165, 1.54) is 0 Å². The van der Waals surface area contributed by atoms with E-state index in [-0.39, 0.29) is 0 Å². The van der Waals surface area contributed by atoms with Crippen LogP contribution in [0.25, 0.3) is 0 Å². The van der Waals surface area contributed by atoms with Gasteiger partial charge in [0.25, 0.3) is 0 Å². The van der Waals surface area contributed by atoms with Crippen molar-refractivity contribution in [1.82, 2.24) is 15.3 Å². The number of hydrazine groups is 1. The topological polar surface area (TPSA) is 38.7 Å². The number of nitrogens with one attached hydrogen (secondary N) is 1. The number of piperazine rings is 1. The molecule has 3 rings (SSSR count). The second-order valence-electron chi connectivity index (χ2n) is 5.51. The fourth-order valence-electron chi connectivity index (χ4n) is 2.64. The average molecular weight is 306 g/mol. The molecule has 0 amide bonds. The first-order valence-corrected chi connectivity index (χ1v) is 7.62. The maximum atomic E-state index is 10.6. The molecule has 2 aliphatic heterocycles. The first-order chi connectivity index (χ1) is 10.1. The van der Waals surface area contributed by atoms with Crippen LogP contribution in [0.15, 0.2) is 48.8 Å². The van der Waals surface area contributed by atoms with Gasteiger partial charge in [0, 0.05) is 50.0 Å². The summed E-state index contributed by atoms with van der Waals surface area (Å²) in [5.41, 5.74) is 0.130. The van der Waals surface area contributed by atoms with Crippen molar-refractivity contribution >= 4 is 11.6 Å². The van der Waals surface area contributed by atoms with Crippen molar-refractivity contribution in [3.05, 3.63) is 59.4 Å². The van der Waals surface area contributed by atoms with Crippen LogP contribution in [0.1, 0.15) is 5.56 Å². The van der Waals surface area contributed by atoms with Crippen LogP contribution in [0.5, 0.6) is 0 Å². The van der Waals surface area contributed by atoms with Crippen LogP contribution in [-0.2, 0) is 6.42 Å². The van der Waals surface area contributed by atoms with Crippen molar-refractivity contribution in [2.24, 2.45) is 0 Å². The minimum atomic E-state index is -0.932. The highest BCUT2D eigenvalue weighted by atomic mass is 35.5. The third-order valence-electron chi connectivity index (χ3n) is 3.85. The van der Waals surface area contributed by atoms with Gasteiger partial charge in [-0.15, -0.1) is 0 Å². The van der Waals surface area contributed by atoms with E-state index < -0.39 is 5.60 Å². The number of nitrogens with zero attached hydrogens (tertiary/aromatic N) is 2. The smallest absolute Gasteiger partial charge is 0.108 e. The van der Waals surface area contributed by atoms with Gasteiger partial charge in [0.05, 0.1) is 0 Å². The molecule has 1 aromatic rings. The van der Waals surface area contributed by atoms with E-state index in [4.69, 9.17) is 11.6 Å². The van der Waals surface area contributed by atoms with E-state index in [9.17, 15) is 5.11 Å². The summed E-state index contributed by atoms with van der Waals surface area (Å²) in [5.74, 6) is 0. The second kappa shape index (κ2) is 6.20. The lowest BCUT2D eigenvalue weighted by Crippen LogP contribution is -2.49. The van der Waals surface area contributed by atoms with Gasteiger partial charge in [-0.1, -0.05) is 23.7 Å². The van der Waals surface area contributed by atoms with Crippen molar-refractivity contribution in [3.8, 4) is 0 Å². The molecule has 112 valence electrons. The predicted molar refractivity (Wildman–Crippen MR) is 84.7 cm³/mol. The Kier molecular flexibility index (Phi) is 4.31. The van der Waals surface area contributed by atoms with Crippen LogP contribution in [-0.4, -0.2) is 46.9 Å². The summed E-state index contributed by atoms with van der Waals surface area (Å²) in [6.07, 6.45) is 8.14. The van der Waals surface area contributed by atoms with Gasteiger partial charge in [-0.05, 0) is 29.8 Å². The predicted octanol–water partition coefficient (Wildman–Crippen LogP) is 1.78. The van der Waals surface area contributed by atoms with Gasteiger partial charge in [0.2, 0.25) is 0 Å². The highest BCUT2D eigenvalue weighted by Crippen LogP contribution is 2.23. The van der Waals surface area contributed by atoms with Crippen LogP contribution in [0, 0.1) is 0 Å². The molecule has 2 heterocycles. The third-order valence-corrected chi connectivity index (χ3v) is 4.10. The quantitative estimate of drug-likeness (QED) is 0.893. The summed E-state index contributed by atoms with van der Waals surface area (Å²) >= 11 is 5.89. The summed E-state index contributed by atoms with van der Waals surface area (Å²) in [7, 11) is 0. The van der Waals surface area contributed by atoms with Crippen LogP contribution in [0.3, 0.4) is 0 Å². The van der Waals surface area contributed by atoms with Gasteiger partial charge < -0.3 is 10.4 Å². The van der Waals surface area contributed by atoms with Gasteiger partial charge in [0.15, 0.2) is 0 Å². The molecule has 1 saturated heterocycles. The monoisotopic (exact) mass is 305 g/mol. The Bertz CT molecular complexity index is 521. The Morgan fingerprint density at radius 1 is 1.10 bits per heavy atom. The van der Waals surface area contributed by atoms with E-state index in [1.54, 1.807) is 0 Å². The van der Waals surface area contributed by atoms with E-state index >= 15 is 0 Å². The molecule has 2 aliphatic rings. The van der Waals surface area contributed by atoms with E-state index in [0.717, 1.165) is 31.7 Å². The average Bonchev–Trinajstić information content (AvgIpc) is 2.51. The number of hydrogen-bond donors (Lipinski definition) is 2. The molecular weight excluding hydrogens is 286 g/mol. The zero-order chi connectivity index (χ0) is 14.7. The highest BCUT2D eigenvalue weighted by Gasteiger charge is 2.25. The summed E-state index contributed by atoms with van der Waals surface area (Å²) in [6.45, 7) is 3.94. The highest BCUT2D eigenvalue weighted by molar-refractivity contribution is 6.30. The maximum absolute atomic E-state index is 10.6. The van der Waals surface area contributed by atoms with E-state index in [1.807, 2.05) is 48.8 Å². The molecule has 2 N–H and O–H groups in total. The number of rotatable bonds is 3. The second-order valence-corrected chi connectivity index (χ2v) is 5.95. The molecule has 21 heavy (non-hydrogen) atoms. The Morgan fingerprint density at radius 3 is 2.33 bits per heavy atom. The fourth-order valence-corrected chi connectivity index (χ4v) is 2.76. The van der Waals surface area contributed by atoms with Crippen molar-refractivity contribution in [1.29, 1.82) is 0 Å². The Balaban J connectivity index is 1.64. The number of halogens is 1. The van der Waals surface area contributed by atoms with Gasteiger partial charge in [-0.3, -0.25) is 5.01 Å². The molecule has 0 aliphatic carbocycles. The van der Waals surface area contributed by atoms with Crippen molar-refractivity contribution in [3.63, 3.8) is 0 Å². The van der Waals surface area contributed by atoms with Gasteiger partial charge in [-0.2, -0.15) is 0 Å². The largest absolute Gasteiger partial charge is 0.381 e. The number of benzene rings is 1. The van der Waals surface area contributed by atoms with E-state index in [2.05, 4.69) is 15.3 Å². The lowest BCUT2D eigenvalue weighted by molar-refractivity contribution is 0.0420. The molecule has 1 fully saturated rings. The molecule has 0 atom stereocenters. The van der Waals surface area contributed by atoms with Crippen molar-refractivity contribution in [2.75, 3.05) is 26.2 Å². The van der Waals surface area contributed by atoms with Crippen LogP contribution < -0.4 is 5.32 Å². The molecular formula is C16H20ClN3O. The first kappa shape index (κ1) is 14.6. The molecule has 0 aromatic heterocycles. The first-order valence-electron chi connectivity index (χ1n) is 7.24. The molecule has 0 spiro atoms. The summed E-state index contributed by atoms with van der Waals surface area (Å²) in [5, 5.41) is 19.0.